The number of fused-ring (bicyclic) bond motifs is 1. The van der Waals surface area contributed by atoms with Gasteiger partial charge in [0.05, 0.1) is 6.54 Å². The van der Waals surface area contributed by atoms with E-state index in [2.05, 4.69) is 6.07 Å². The van der Waals surface area contributed by atoms with Crippen LogP contribution in [0.2, 0.25) is 0 Å². The molecule has 0 saturated carbocycles. The van der Waals surface area contributed by atoms with Crippen molar-refractivity contribution in [1.29, 1.82) is 5.26 Å². The van der Waals surface area contributed by atoms with Crippen molar-refractivity contribution < 1.29 is 13.2 Å². The lowest BCUT2D eigenvalue weighted by atomic mass is 10.2. The summed E-state index contributed by atoms with van der Waals surface area (Å²) in [5, 5.41) is 9.82. The Morgan fingerprint density at radius 2 is 2.04 bits per heavy atom. The third-order valence-electron chi connectivity index (χ3n) is 4.86. The van der Waals surface area contributed by atoms with Crippen molar-refractivity contribution in [3.05, 3.63) is 52.2 Å². The molecule has 0 N–H and O–H groups in total. The second-order valence-electron chi connectivity index (χ2n) is 6.57. The van der Waals surface area contributed by atoms with Gasteiger partial charge in [0.2, 0.25) is 5.91 Å². The Kier molecular flexibility index (Phi) is 4.97. The van der Waals surface area contributed by atoms with E-state index in [1.807, 2.05) is 30.3 Å². The van der Waals surface area contributed by atoms with Crippen molar-refractivity contribution >= 4 is 48.7 Å². The standard InChI is InChI=1S/C19H17N3O3S3/c1-21(28(24,25)18-10-13-4-2-3-5-17(13)27-18)16-8-9-22(19(16)23)12-15-7-6-14(11-20)26-15/h2-7,10,16H,8-9,12H2,1H3/t16-/m0/s1. The van der Waals surface area contributed by atoms with Crippen LogP contribution in [-0.4, -0.2) is 43.2 Å². The number of nitrogens with zero attached hydrogens (tertiary/aromatic N) is 3. The molecule has 28 heavy (non-hydrogen) atoms. The zero-order chi connectivity index (χ0) is 19.9. The summed E-state index contributed by atoms with van der Waals surface area (Å²) in [7, 11) is -2.27. The van der Waals surface area contributed by atoms with E-state index in [0.29, 0.717) is 24.4 Å². The molecule has 1 saturated heterocycles. The summed E-state index contributed by atoms with van der Waals surface area (Å²) < 4.78 is 28.5. The summed E-state index contributed by atoms with van der Waals surface area (Å²) in [6.07, 6.45) is 0.454. The average Bonchev–Trinajstić information content (AvgIpc) is 3.40. The van der Waals surface area contributed by atoms with Gasteiger partial charge in [0.25, 0.3) is 10.0 Å². The molecule has 9 heteroatoms. The minimum atomic E-state index is -3.75. The van der Waals surface area contributed by atoms with E-state index in [-0.39, 0.29) is 10.1 Å². The van der Waals surface area contributed by atoms with Gasteiger partial charge < -0.3 is 4.90 Å². The fourth-order valence-electron chi connectivity index (χ4n) is 3.32. The molecule has 1 fully saturated rings. The van der Waals surface area contributed by atoms with Crippen LogP contribution in [-0.2, 0) is 21.4 Å². The van der Waals surface area contributed by atoms with Gasteiger partial charge in [-0.15, -0.1) is 22.7 Å². The zero-order valence-electron chi connectivity index (χ0n) is 15.0. The van der Waals surface area contributed by atoms with E-state index in [1.165, 1.54) is 34.0 Å². The molecule has 6 nitrogen and oxygen atoms in total. The first-order valence-corrected chi connectivity index (χ1v) is 11.7. The van der Waals surface area contributed by atoms with E-state index in [9.17, 15) is 13.2 Å². The fraction of sp³-hybridized carbons (Fsp3) is 0.263. The second kappa shape index (κ2) is 7.29. The Bertz CT molecular complexity index is 1160. The smallest absolute Gasteiger partial charge is 0.253 e. The van der Waals surface area contributed by atoms with Crippen molar-refractivity contribution in [3.63, 3.8) is 0 Å². The number of hydrogen-bond acceptors (Lipinski definition) is 6. The van der Waals surface area contributed by atoms with Crippen molar-refractivity contribution in [2.45, 2.75) is 23.2 Å². The molecule has 1 aromatic carbocycles. The maximum absolute atomic E-state index is 13.1. The number of benzene rings is 1. The maximum atomic E-state index is 13.1. The van der Waals surface area contributed by atoms with E-state index >= 15 is 0 Å². The van der Waals surface area contributed by atoms with Gasteiger partial charge in [-0.1, -0.05) is 18.2 Å². The number of likely N-dealkylation sites (N-methyl/N-ethyl adjacent to an activating group) is 1. The summed E-state index contributed by atoms with van der Waals surface area (Å²) in [5.74, 6) is -0.195. The van der Waals surface area contributed by atoms with Gasteiger partial charge in [-0.3, -0.25) is 4.79 Å². The van der Waals surface area contributed by atoms with Crippen LogP contribution in [0.3, 0.4) is 0 Å². The van der Waals surface area contributed by atoms with Crippen molar-refractivity contribution in [3.8, 4) is 6.07 Å². The number of carbonyl (C=O) groups is 1. The highest BCUT2D eigenvalue weighted by Gasteiger charge is 2.40. The highest BCUT2D eigenvalue weighted by atomic mass is 32.2. The van der Waals surface area contributed by atoms with Crippen LogP contribution in [0.15, 0.2) is 46.7 Å². The van der Waals surface area contributed by atoms with Gasteiger partial charge in [0, 0.05) is 23.2 Å². The van der Waals surface area contributed by atoms with Gasteiger partial charge in [0.15, 0.2) is 0 Å². The van der Waals surface area contributed by atoms with E-state index in [0.717, 1.165) is 15.0 Å². The normalized spacial score (nSPS) is 17.5. The predicted molar refractivity (Wildman–Crippen MR) is 110 cm³/mol. The van der Waals surface area contributed by atoms with Crippen LogP contribution in [0.5, 0.6) is 0 Å². The van der Waals surface area contributed by atoms with Gasteiger partial charge in [-0.25, -0.2) is 8.42 Å². The number of nitriles is 1. The van der Waals surface area contributed by atoms with Gasteiger partial charge in [-0.2, -0.15) is 9.57 Å². The summed E-state index contributed by atoms with van der Waals surface area (Å²) in [5.41, 5.74) is 0. The Hall–Kier alpha value is -2.25. The average molecular weight is 432 g/mol. The molecule has 3 heterocycles. The van der Waals surface area contributed by atoms with Crippen molar-refractivity contribution in [2.75, 3.05) is 13.6 Å². The largest absolute Gasteiger partial charge is 0.336 e. The molecule has 1 aliphatic rings. The van der Waals surface area contributed by atoms with Gasteiger partial charge in [0.1, 0.15) is 21.2 Å². The number of carbonyl (C=O) groups excluding carboxylic acids is 1. The predicted octanol–water partition coefficient (Wildman–Crippen LogP) is 3.26. The molecule has 144 valence electrons. The first-order chi connectivity index (χ1) is 13.4. The minimum absolute atomic E-state index is 0.195. The molecule has 0 radical (unpaired) electrons. The zero-order valence-corrected chi connectivity index (χ0v) is 17.5. The molecule has 1 atom stereocenters. The van der Waals surface area contributed by atoms with E-state index in [4.69, 9.17) is 5.26 Å². The van der Waals surface area contributed by atoms with Crippen LogP contribution >= 0.6 is 22.7 Å². The molecular weight excluding hydrogens is 414 g/mol. The van der Waals surface area contributed by atoms with Crippen LogP contribution in [0.25, 0.3) is 10.1 Å². The Balaban J connectivity index is 1.53. The summed E-state index contributed by atoms with van der Waals surface area (Å²) in [6, 6.07) is 14.1. The summed E-state index contributed by atoms with van der Waals surface area (Å²) in [4.78, 5) is 16.0. The minimum Gasteiger partial charge on any atom is -0.336 e. The summed E-state index contributed by atoms with van der Waals surface area (Å²) >= 11 is 2.57. The summed E-state index contributed by atoms with van der Waals surface area (Å²) in [6.45, 7) is 0.897. The number of sulfonamides is 1. The van der Waals surface area contributed by atoms with Crippen LogP contribution < -0.4 is 0 Å². The van der Waals surface area contributed by atoms with E-state index < -0.39 is 16.1 Å². The molecule has 1 amide bonds. The van der Waals surface area contributed by atoms with Crippen LogP contribution in [0.4, 0.5) is 0 Å². The first kappa shape index (κ1) is 19.1. The quantitative estimate of drug-likeness (QED) is 0.621. The lowest BCUT2D eigenvalue weighted by Gasteiger charge is -2.22. The second-order valence-corrected chi connectivity index (χ2v) is 11.0. The number of likely N-dealkylation sites (tertiary alicyclic amines) is 1. The lowest BCUT2D eigenvalue weighted by Crippen LogP contribution is -2.42. The Labute approximate surface area is 171 Å². The molecule has 0 aliphatic carbocycles. The monoisotopic (exact) mass is 431 g/mol. The molecule has 4 rings (SSSR count). The highest BCUT2D eigenvalue weighted by Crippen LogP contribution is 2.32. The molecule has 1 aliphatic heterocycles. The first-order valence-electron chi connectivity index (χ1n) is 8.64. The molecular formula is C19H17N3O3S3. The SMILES string of the molecule is CN([C@H]1CCN(Cc2ccc(C#N)s2)C1=O)S(=O)(=O)c1cc2ccccc2s1. The number of amides is 1. The van der Waals surface area contributed by atoms with Gasteiger partial charge >= 0.3 is 0 Å². The highest BCUT2D eigenvalue weighted by molar-refractivity contribution is 7.91. The number of hydrogen-bond donors (Lipinski definition) is 0. The number of thiophene rings is 2. The Morgan fingerprint density at radius 3 is 2.75 bits per heavy atom. The molecule has 0 unspecified atom stereocenters. The third kappa shape index (κ3) is 3.33. The molecule has 3 aromatic rings. The van der Waals surface area contributed by atoms with Crippen molar-refractivity contribution in [2.24, 2.45) is 0 Å². The molecule has 0 spiro atoms. The molecule has 2 aromatic heterocycles. The maximum Gasteiger partial charge on any atom is 0.253 e. The van der Waals surface area contributed by atoms with Crippen molar-refractivity contribution in [1.82, 2.24) is 9.21 Å². The topological polar surface area (TPSA) is 81.5 Å². The van der Waals surface area contributed by atoms with Crippen LogP contribution in [0, 0.1) is 11.3 Å². The number of rotatable bonds is 5. The van der Waals surface area contributed by atoms with Crippen LogP contribution in [0.1, 0.15) is 16.2 Å². The van der Waals surface area contributed by atoms with E-state index in [1.54, 1.807) is 17.0 Å². The third-order valence-corrected chi connectivity index (χ3v) is 9.27. The fourth-order valence-corrected chi connectivity index (χ4v) is 7.07. The Morgan fingerprint density at radius 1 is 1.25 bits per heavy atom. The molecule has 0 bridgehead atoms. The van der Waals surface area contributed by atoms with Gasteiger partial charge in [-0.05, 0) is 36.1 Å². The lowest BCUT2D eigenvalue weighted by molar-refractivity contribution is -0.131.